The molecule has 0 saturated carbocycles. The largest absolute Gasteiger partial charge is 0.339 e. The molecule has 0 bridgehead atoms. The van der Waals surface area contributed by atoms with E-state index in [0.29, 0.717) is 11.5 Å². The number of rotatable bonds is 4. The van der Waals surface area contributed by atoms with Gasteiger partial charge in [0.25, 0.3) is 5.91 Å². The highest BCUT2D eigenvalue weighted by Gasteiger charge is 2.31. The molecule has 136 valence electrons. The molecule has 0 saturated heterocycles. The number of hydrogen-bond donors (Lipinski definition) is 1. The van der Waals surface area contributed by atoms with Crippen LogP contribution in [0.2, 0.25) is 0 Å². The standard InChI is InChI=1S/C22H22N4O/c1-3-16-8-4-6-10-18(16)25-21-14-23-19(13-24-21)22(27)26-15(2)12-17-9-5-7-11-20(17)26/h4-11,13-15H,3,12H2,1-2H3,(H,24,25). The summed E-state index contributed by atoms with van der Waals surface area (Å²) in [6, 6.07) is 16.2. The van der Waals surface area contributed by atoms with Crippen molar-refractivity contribution in [1.29, 1.82) is 0 Å². The molecule has 1 unspecified atom stereocenters. The van der Waals surface area contributed by atoms with Crippen LogP contribution in [0.5, 0.6) is 0 Å². The van der Waals surface area contributed by atoms with E-state index < -0.39 is 0 Å². The Kier molecular flexibility index (Phi) is 4.59. The normalized spacial score (nSPS) is 15.5. The molecule has 1 atom stereocenters. The number of para-hydroxylation sites is 2. The maximum atomic E-state index is 13.0. The first-order valence-corrected chi connectivity index (χ1v) is 9.26. The third kappa shape index (κ3) is 3.28. The highest BCUT2D eigenvalue weighted by atomic mass is 16.2. The van der Waals surface area contributed by atoms with Gasteiger partial charge in [-0.05, 0) is 43.0 Å². The molecule has 1 N–H and O–H groups in total. The summed E-state index contributed by atoms with van der Waals surface area (Å²) in [5.74, 6) is 0.516. The maximum Gasteiger partial charge on any atom is 0.278 e. The van der Waals surface area contributed by atoms with Crippen molar-refractivity contribution in [3.8, 4) is 0 Å². The number of aryl methyl sites for hydroxylation is 1. The number of nitrogens with zero attached hydrogens (tertiary/aromatic N) is 3. The summed E-state index contributed by atoms with van der Waals surface area (Å²) >= 11 is 0. The Morgan fingerprint density at radius 2 is 1.89 bits per heavy atom. The Labute approximate surface area is 159 Å². The maximum absolute atomic E-state index is 13.0. The molecular weight excluding hydrogens is 336 g/mol. The highest BCUT2D eigenvalue weighted by Crippen LogP contribution is 2.32. The Morgan fingerprint density at radius 3 is 2.67 bits per heavy atom. The molecule has 0 radical (unpaired) electrons. The zero-order valence-corrected chi connectivity index (χ0v) is 15.5. The SMILES string of the molecule is CCc1ccccc1Nc1cnc(C(=O)N2c3ccccc3CC2C)cn1. The molecule has 1 aliphatic rings. The smallest absolute Gasteiger partial charge is 0.278 e. The molecule has 5 nitrogen and oxygen atoms in total. The number of amides is 1. The van der Waals surface area contributed by atoms with Crippen LogP contribution in [0.4, 0.5) is 17.2 Å². The minimum absolute atomic E-state index is 0.111. The van der Waals surface area contributed by atoms with E-state index in [1.807, 2.05) is 41.3 Å². The van der Waals surface area contributed by atoms with E-state index in [2.05, 4.69) is 41.3 Å². The van der Waals surface area contributed by atoms with Gasteiger partial charge in [-0.3, -0.25) is 4.79 Å². The van der Waals surface area contributed by atoms with Gasteiger partial charge in [-0.1, -0.05) is 43.3 Å². The summed E-state index contributed by atoms with van der Waals surface area (Å²) < 4.78 is 0. The Balaban J connectivity index is 1.55. The Morgan fingerprint density at radius 1 is 1.11 bits per heavy atom. The minimum atomic E-state index is -0.111. The molecule has 4 rings (SSSR count). The van der Waals surface area contributed by atoms with Gasteiger partial charge in [0.2, 0.25) is 0 Å². The summed E-state index contributed by atoms with van der Waals surface area (Å²) in [5, 5.41) is 3.29. The molecule has 0 spiro atoms. The summed E-state index contributed by atoms with van der Waals surface area (Å²) in [6.07, 6.45) is 4.96. The van der Waals surface area contributed by atoms with E-state index in [9.17, 15) is 4.79 Å². The topological polar surface area (TPSA) is 58.1 Å². The van der Waals surface area contributed by atoms with E-state index in [1.165, 1.54) is 11.1 Å². The second-order valence-corrected chi connectivity index (χ2v) is 6.78. The average Bonchev–Trinajstić information content (AvgIpc) is 3.04. The number of carbonyl (C=O) groups is 1. The molecule has 1 aliphatic heterocycles. The van der Waals surface area contributed by atoms with Gasteiger partial charge < -0.3 is 10.2 Å². The summed E-state index contributed by atoms with van der Waals surface area (Å²) in [5.41, 5.74) is 4.74. The van der Waals surface area contributed by atoms with Crippen LogP contribution in [-0.2, 0) is 12.8 Å². The van der Waals surface area contributed by atoms with Gasteiger partial charge in [0.05, 0.1) is 12.4 Å². The number of nitrogens with one attached hydrogen (secondary N) is 1. The van der Waals surface area contributed by atoms with Crippen LogP contribution in [0.1, 0.15) is 35.5 Å². The minimum Gasteiger partial charge on any atom is -0.339 e. The van der Waals surface area contributed by atoms with E-state index >= 15 is 0 Å². The zero-order valence-electron chi connectivity index (χ0n) is 15.5. The summed E-state index contributed by atoms with van der Waals surface area (Å²) in [7, 11) is 0. The van der Waals surface area contributed by atoms with Gasteiger partial charge >= 0.3 is 0 Å². The molecular formula is C22H22N4O. The predicted molar refractivity (Wildman–Crippen MR) is 108 cm³/mol. The number of hydrogen-bond acceptors (Lipinski definition) is 4. The van der Waals surface area contributed by atoms with E-state index in [-0.39, 0.29) is 11.9 Å². The van der Waals surface area contributed by atoms with E-state index in [4.69, 9.17) is 0 Å². The first-order valence-electron chi connectivity index (χ1n) is 9.26. The van der Waals surface area contributed by atoms with Crippen molar-refractivity contribution < 1.29 is 4.79 Å². The second kappa shape index (κ2) is 7.19. The summed E-state index contributed by atoms with van der Waals surface area (Å²) in [6.45, 7) is 4.17. The lowest BCUT2D eigenvalue weighted by Gasteiger charge is -2.22. The van der Waals surface area contributed by atoms with Crippen LogP contribution < -0.4 is 10.2 Å². The fourth-order valence-corrected chi connectivity index (χ4v) is 3.59. The van der Waals surface area contributed by atoms with Crippen LogP contribution in [0.25, 0.3) is 0 Å². The highest BCUT2D eigenvalue weighted by molar-refractivity contribution is 6.06. The van der Waals surface area contributed by atoms with E-state index in [0.717, 1.165) is 24.2 Å². The van der Waals surface area contributed by atoms with Crippen molar-refractivity contribution in [2.75, 3.05) is 10.2 Å². The fourth-order valence-electron chi connectivity index (χ4n) is 3.59. The molecule has 2 heterocycles. The molecule has 3 aromatic rings. The van der Waals surface area contributed by atoms with Crippen LogP contribution in [0.3, 0.4) is 0 Å². The fraction of sp³-hybridized carbons (Fsp3) is 0.227. The van der Waals surface area contributed by atoms with Crippen LogP contribution >= 0.6 is 0 Å². The van der Waals surface area contributed by atoms with Crippen molar-refractivity contribution in [2.45, 2.75) is 32.7 Å². The number of anilines is 3. The lowest BCUT2D eigenvalue weighted by atomic mass is 10.1. The Bertz CT molecular complexity index is 968. The molecule has 0 fully saturated rings. The predicted octanol–water partition coefficient (Wildman–Crippen LogP) is 4.37. The van der Waals surface area contributed by atoms with Gasteiger partial charge in [0, 0.05) is 17.4 Å². The average molecular weight is 358 g/mol. The zero-order chi connectivity index (χ0) is 18.8. The van der Waals surface area contributed by atoms with Crippen molar-refractivity contribution in [3.63, 3.8) is 0 Å². The van der Waals surface area contributed by atoms with Crippen molar-refractivity contribution in [3.05, 3.63) is 77.7 Å². The lowest BCUT2D eigenvalue weighted by molar-refractivity contribution is 0.0976. The lowest BCUT2D eigenvalue weighted by Crippen LogP contribution is -2.36. The van der Waals surface area contributed by atoms with Crippen molar-refractivity contribution in [1.82, 2.24) is 9.97 Å². The van der Waals surface area contributed by atoms with E-state index in [1.54, 1.807) is 12.4 Å². The number of fused-ring (bicyclic) bond motifs is 1. The molecule has 5 heteroatoms. The Hall–Kier alpha value is -3.21. The number of carbonyl (C=O) groups excluding carboxylic acids is 1. The number of benzene rings is 2. The van der Waals surface area contributed by atoms with Gasteiger partial charge in [-0.2, -0.15) is 0 Å². The molecule has 1 aromatic heterocycles. The third-order valence-electron chi connectivity index (χ3n) is 4.96. The monoisotopic (exact) mass is 358 g/mol. The molecule has 2 aromatic carbocycles. The molecule has 0 aliphatic carbocycles. The molecule has 1 amide bonds. The van der Waals surface area contributed by atoms with Crippen molar-refractivity contribution >= 4 is 23.1 Å². The van der Waals surface area contributed by atoms with Crippen LogP contribution in [-0.4, -0.2) is 21.9 Å². The quantitative estimate of drug-likeness (QED) is 0.752. The second-order valence-electron chi connectivity index (χ2n) is 6.78. The third-order valence-corrected chi connectivity index (χ3v) is 4.96. The first kappa shape index (κ1) is 17.2. The van der Waals surface area contributed by atoms with Gasteiger partial charge in [-0.25, -0.2) is 9.97 Å². The summed E-state index contributed by atoms with van der Waals surface area (Å²) in [4.78, 5) is 23.6. The van der Waals surface area contributed by atoms with Gasteiger partial charge in [0.1, 0.15) is 11.5 Å². The van der Waals surface area contributed by atoms with Gasteiger partial charge in [-0.15, -0.1) is 0 Å². The molecule has 27 heavy (non-hydrogen) atoms. The van der Waals surface area contributed by atoms with Crippen LogP contribution in [0, 0.1) is 0 Å². The number of aromatic nitrogens is 2. The van der Waals surface area contributed by atoms with Crippen LogP contribution in [0.15, 0.2) is 60.9 Å². The first-order chi connectivity index (χ1) is 13.2. The van der Waals surface area contributed by atoms with Gasteiger partial charge in [0.15, 0.2) is 0 Å². The van der Waals surface area contributed by atoms with Crippen molar-refractivity contribution in [2.24, 2.45) is 0 Å².